The number of carbonyl (C=O) groups is 3. The van der Waals surface area contributed by atoms with Crippen molar-refractivity contribution in [3.63, 3.8) is 0 Å². The summed E-state index contributed by atoms with van der Waals surface area (Å²) in [6, 6.07) is 14.7. The molecule has 10 heteroatoms. The zero-order valence-corrected chi connectivity index (χ0v) is 22.8. The van der Waals surface area contributed by atoms with Crippen LogP contribution in [0.2, 0.25) is 10.0 Å². The van der Waals surface area contributed by atoms with Crippen LogP contribution in [-0.2, 0) is 16.2 Å². The number of barbiturate groups is 1. The van der Waals surface area contributed by atoms with Gasteiger partial charge in [0.25, 0.3) is 11.8 Å². The zero-order valence-electron chi connectivity index (χ0n) is 19.1. The van der Waals surface area contributed by atoms with Gasteiger partial charge in [-0.3, -0.25) is 14.9 Å². The van der Waals surface area contributed by atoms with E-state index in [-0.39, 0.29) is 12.2 Å². The summed E-state index contributed by atoms with van der Waals surface area (Å²) in [4.78, 5) is 39.2. The molecule has 4 amide bonds. The van der Waals surface area contributed by atoms with Crippen molar-refractivity contribution in [2.24, 2.45) is 0 Å². The summed E-state index contributed by atoms with van der Waals surface area (Å²) in [5.41, 5.74) is 2.20. The van der Waals surface area contributed by atoms with Gasteiger partial charge in [-0.25, -0.2) is 9.69 Å². The van der Waals surface area contributed by atoms with Crippen LogP contribution in [0.1, 0.15) is 16.7 Å². The number of rotatable bonds is 6. The normalized spacial score (nSPS) is 14.8. The maximum Gasteiger partial charge on any atom is 0.335 e. The highest BCUT2D eigenvalue weighted by molar-refractivity contribution is 14.1. The molecule has 0 radical (unpaired) electrons. The predicted molar refractivity (Wildman–Crippen MR) is 147 cm³/mol. The van der Waals surface area contributed by atoms with Crippen LogP contribution < -0.4 is 19.7 Å². The van der Waals surface area contributed by atoms with E-state index in [4.69, 9.17) is 32.7 Å². The summed E-state index contributed by atoms with van der Waals surface area (Å²) in [5.74, 6) is -0.622. The lowest BCUT2D eigenvalue weighted by Crippen LogP contribution is -2.54. The Morgan fingerprint density at radius 3 is 2.50 bits per heavy atom. The number of imide groups is 2. The Morgan fingerprint density at radius 1 is 1.06 bits per heavy atom. The molecular weight excluding hydrogens is 618 g/mol. The summed E-state index contributed by atoms with van der Waals surface area (Å²) >= 11 is 14.3. The molecule has 0 spiro atoms. The number of hydrogen-bond acceptors (Lipinski definition) is 5. The molecule has 1 saturated heterocycles. The fourth-order valence-electron chi connectivity index (χ4n) is 3.61. The molecule has 0 atom stereocenters. The number of urea groups is 1. The molecule has 184 valence electrons. The summed E-state index contributed by atoms with van der Waals surface area (Å²) in [5, 5.41) is 3.24. The van der Waals surface area contributed by atoms with E-state index in [0.29, 0.717) is 41.9 Å². The Hall–Kier alpha value is -3.08. The summed E-state index contributed by atoms with van der Waals surface area (Å²) < 4.78 is 12.2. The average Bonchev–Trinajstić information content (AvgIpc) is 2.83. The third kappa shape index (κ3) is 5.35. The van der Waals surface area contributed by atoms with Gasteiger partial charge in [0.2, 0.25) is 0 Å². The maximum absolute atomic E-state index is 13.2. The van der Waals surface area contributed by atoms with Crippen molar-refractivity contribution in [2.45, 2.75) is 13.5 Å². The number of nitrogens with one attached hydrogen (secondary N) is 1. The minimum absolute atomic E-state index is 0.178. The summed E-state index contributed by atoms with van der Waals surface area (Å²) in [6.45, 7) is 1.95. The molecule has 1 aliphatic rings. The van der Waals surface area contributed by atoms with Gasteiger partial charge in [-0.15, -0.1) is 0 Å². The van der Waals surface area contributed by atoms with Gasteiger partial charge in [-0.05, 0) is 77.0 Å². The Bertz CT molecular complexity index is 1420. The van der Waals surface area contributed by atoms with Crippen molar-refractivity contribution >= 4 is 75.4 Å². The standard InChI is InChI=1S/C26H19Cl2IN2O5/c1-14-5-3-4-6-21(14)31-25(33)18(24(32)30-26(31)34)9-15-10-20(29)23(22(11-15)35-2)36-13-16-7-8-17(27)12-19(16)28/h3-12H,13H2,1-2H3,(H,30,32,34)/b18-9+. The Labute approximate surface area is 231 Å². The van der Waals surface area contributed by atoms with Crippen LogP contribution in [-0.4, -0.2) is 25.0 Å². The first-order valence-corrected chi connectivity index (χ1v) is 12.4. The van der Waals surface area contributed by atoms with Gasteiger partial charge >= 0.3 is 6.03 Å². The monoisotopic (exact) mass is 636 g/mol. The second kappa shape index (κ2) is 10.9. The van der Waals surface area contributed by atoms with E-state index in [0.717, 1.165) is 10.5 Å². The van der Waals surface area contributed by atoms with Gasteiger partial charge in [0.1, 0.15) is 12.2 Å². The van der Waals surface area contributed by atoms with Crippen LogP contribution in [0.25, 0.3) is 6.08 Å². The van der Waals surface area contributed by atoms with Gasteiger partial charge in [-0.1, -0.05) is 47.5 Å². The average molecular weight is 637 g/mol. The molecule has 1 N–H and O–H groups in total. The first-order chi connectivity index (χ1) is 17.2. The number of nitrogens with zero attached hydrogens (tertiary/aromatic N) is 1. The third-order valence-corrected chi connectivity index (χ3v) is 6.80. The molecule has 0 bridgehead atoms. The quantitative estimate of drug-likeness (QED) is 0.199. The van der Waals surface area contributed by atoms with E-state index in [9.17, 15) is 14.4 Å². The molecule has 0 saturated carbocycles. The van der Waals surface area contributed by atoms with E-state index in [1.165, 1.54) is 13.2 Å². The van der Waals surface area contributed by atoms with E-state index >= 15 is 0 Å². The van der Waals surface area contributed by atoms with Gasteiger partial charge in [0.05, 0.1) is 16.4 Å². The van der Waals surface area contributed by atoms with Gasteiger partial charge in [0.15, 0.2) is 11.5 Å². The molecule has 0 aromatic heterocycles. The topological polar surface area (TPSA) is 84.9 Å². The molecule has 3 aromatic carbocycles. The Morgan fingerprint density at radius 2 is 1.81 bits per heavy atom. The minimum Gasteiger partial charge on any atom is -0.493 e. The second-order valence-electron chi connectivity index (χ2n) is 7.80. The molecule has 7 nitrogen and oxygen atoms in total. The molecule has 0 aliphatic carbocycles. The van der Waals surface area contributed by atoms with Crippen molar-refractivity contribution in [3.8, 4) is 11.5 Å². The maximum atomic E-state index is 13.2. The minimum atomic E-state index is -0.798. The van der Waals surface area contributed by atoms with Crippen molar-refractivity contribution < 1.29 is 23.9 Å². The van der Waals surface area contributed by atoms with Crippen LogP contribution in [0, 0.1) is 10.5 Å². The van der Waals surface area contributed by atoms with Gasteiger partial charge < -0.3 is 9.47 Å². The predicted octanol–water partition coefficient (Wildman–Crippen LogP) is 6.16. The molecule has 1 fully saturated rings. The molecule has 0 unspecified atom stereocenters. The highest BCUT2D eigenvalue weighted by atomic mass is 127. The van der Waals surface area contributed by atoms with Crippen molar-refractivity contribution in [3.05, 3.63) is 90.5 Å². The molecule has 1 aliphatic heterocycles. The summed E-state index contributed by atoms with van der Waals surface area (Å²) in [7, 11) is 1.49. The number of anilines is 1. The lowest BCUT2D eigenvalue weighted by Gasteiger charge is -2.27. The number of halogens is 3. The van der Waals surface area contributed by atoms with E-state index < -0.39 is 17.8 Å². The number of carbonyl (C=O) groups excluding carboxylic acids is 3. The second-order valence-corrected chi connectivity index (χ2v) is 9.81. The highest BCUT2D eigenvalue weighted by Gasteiger charge is 2.37. The summed E-state index contributed by atoms with van der Waals surface area (Å²) in [6.07, 6.45) is 1.42. The molecule has 4 rings (SSSR count). The largest absolute Gasteiger partial charge is 0.493 e. The fourth-order valence-corrected chi connectivity index (χ4v) is 4.85. The molecule has 3 aromatic rings. The smallest absolute Gasteiger partial charge is 0.335 e. The van der Waals surface area contributed by atoms with Crippen molar-refractivity contribution in [2.75, 3.05) is 12.0 Å². The lowest BCUT2D eigenvalue weighted by molar-refractivity contribution is -0.122. The lowest BCUT2D eigenvalue weighted by atomic mass is 10.1. The van der Waals surface area contributed by atoms with Crippen LogP contribution in [0.4, 0.5) is 10.5 Å². The van der Waals surface area contributed by atoms with Crippen LogP contribution >= 0.6 is 45.8 Å². The van der Waals surface area contributed by atoms with Crippen LogP contribution in [0.3, 0.4) is 0 Å². The number of para-hydroxylation sites is 1. The van der Waals surface area contributed by atoms with E-state index in [2.05, 4.69) is 27.9 Å². The molecule has 1 heterocycles. The van der Waals surface area contributed by atoms with E-state index in [1.54, 1.807) is 61.5 Å². The zero-order chi connectivity index (χ0) is 26.0. The van der Waals surface area contributed by atoms with Crippen molar-refractivity contribution in [1.29, 1.82) is 0 Å². The van der Waals surface area contributed by atoms with Gasteiger partial charge in [0, 0.05) is 15.6 Å². The number of ether oxygens (including phenoxy) is 2. The Kier molecular flexibility index (Phi) is 7.87. The van der Waals surface area contributed by atoms with E-state index in [1.807, 2.05) is 0 Å². The van der Waals surface area contributed by atoms with Crippen LogP contribution in [0.15, 0.2) is 60.2 Å². The Balaban J connectivity index is 1.65. The molecular formula is C26H19Cl2IN2O5. The van der Waals surface area contributed by atoms with Crippen molar-refractivity contribution in [1.82, 2.24) is 5.32 Å². The highest BCUT2D eigenvalue weighted by Crippen LogP contribution is 2.36. The number of amides is 4. The fraction of sp³-hybridized carbons (Fsp3) is 0.115. The van der Waals surface area contributed by atoms with Crippen LogP contribution in [0.5, 0.6) is 11.5 Å². The van der Waals surface area contributed by atoms with Gasteiger partial charge in [-0.2, -0.15) is 0 Å². The SMILES string of the molecule is COc1cc(/C=C2\C(=O)NC(=O)N(c3ccccc3C)C2=O)cc(I)c1OCc1ccc(Cl)cc1Cl. The number of benzene rings is 3. The molecule has 36 heavy (non-hydrogen) atoms. The first-order valence-electron chi connectivity index (χ1n) is 10.6. The number of hydrogen-bond donors (Lipinski definition) is 1. The third-order valence-electron chi connectivity index (χ3n) is 5.41. The first kappa shape index (κ1) is 26.0. The number of methoxy groups -OCH3 is 1. The number of aryl methyl sites for hydroxylation is 1.